The van der Waals surface area contributed by atoms with Crippen LogP contribution < -0.4 is 4.90 Å². The molecule has 0 fully saturated rings. The van der Waals surface area contributed by atoms with Crippen LogP contribution in [0.4, 0.5) is 5.82 Å². The maximum Gasteiger partial charge on any atom is 0.128 e. The first-order valence-electron chi connectivity index (χ1n) is 4.64. The van der Waals surface area contributed by atoms with Gasteiger partial charge >= 0.3 is 0 Å². The summed E-state index contributed by atoms with van der Waals surface area (Å²) >= 11 is 5.77. The van der Waals surface area contributed by atoms with Gasteiger partial charge in [-0.2, -0.15) is 0 Å². The van der Waals surface area contributed by atoms with Gasteiger partial charge in [0.15, 0.2) is 0 Å². The van der Waals surface area contributed by atoms with E-state index in [9.17, 15) is 0 Å². The third-order valence-electron chi connectivity index (χ3n) is 1.88. The van der Waals surface area contributed by atoms with Crippen molar-refractivity contribution in [2.24, 2.45) is 0 Å². The summed E-state index contributed by atoms with van der Waals surface area (Å²) in [5.41, 5.74) is 1.13. The Morgan fingerprint density at radius 1 is 1.57 bits per heavy atom. The summed E-state index contributed by atoms with van der Waals surface area (Å²) < 4.78 is 0. The molecule has 0 unspecified atom stereocenters. The second-order valence-corrected chi connectivity index (χ2v) is 3.74. The van der Waals surface area contributed by atoms with Crippen molar-refractivity contribution in [1.82, 2.24) is 4.98 Å². The van der Waals surface area contributed by atoms with Gasteiger partial charge in [-0.1, -0.05) is 23.8 Å². The molecule has 2 nitrogen and oxygen atoms in total. The molecule has 0 saturated carbocycles. The zero-order valence-corrected chi connectivity index (χ0v) is 9.38. The number of rotatable bonds is 4. The maximum atomic E-state index is 5.77. The minimum absolute atomic E-state index is 0.667. The van der Waals surface area contributed by atoms with Gasteiger partial charge in [0.1, 0.15) is 5.82 Å². The lowest BCUT2D eigenvalue weighted by atomic mass is 10.3. The van der Waals surface area contributed by atoms with Gasteiger partial charge in [0.25, 0.3) is 0 Å². The van der Waals surface area contributed by atoms with Crippen LogP contribution in [-0.2, 0) is 0 Å². The molecule has 0 bridgehead atoms. The molecule has 1 heterocycles. The van der Waals surface area contributed by atoms with Crippen molar-refractivity contribution in [1.29, 1.82) is 0 Å². The second kappa shape index (κ2) is 5.01. The van der Waals surface area contributed by atoms with Crippen LogP contribution in [0.3, 0.4) is 0 Å². The SMILES string of the molecule is C=C(C)CN(CC)c1ccc(Cl)cn1. The zero-order chi connectivity index (χ0) is 10.6. The fraction of sp³-hybridized carbons (Fsp3) is 0.364. The molecular formula is C11H15ClN2. The Balaban J connectivity index is 2.78. The third-order valence-corrected chi connectivity index (χ3v) is 2.10. The summed E-state index contributed by atoms with van der Waals surface area (Å²) in [7, 11) is 0. The van der Waals surface area contributed by atoms with Gasteiger partial charge in [-0.15, -0.1) is 0 Å². The minimum atomic E-state index is 0.667. The van der Waals surface area contributed by atoms with Gasteiger partial charge in [-0.05, 0) is 26.0 Å². The quantitative estimate of drug-likeness (QED) is 0.710. The van der Waals surface area contributed by atoms with Crippen LogP contribution in [0.2, 0.25) is 5.02 Å². The third kappa shape index (κ3) is 3.04. The Labute approximate surface area is 90.2 Å². The lowest BCUT2D eigenvalue weighted by Crippen LogP contribution is -2.25. The summed E-state index contributed by atoms with van der Waals surface area (Å²) in [6, 6.07) is 3.78. The number of aromatic nitrogens is 1. The monoisotopic (exact) mass is 210 g/mol. The Morgan fingerprint density at radius 3 is 2.71 bits per heavy atom. The predicted octanol–water partition coefficient (Wildman–Crippen LogP) is 3.14. The lowest BCUT2D eigenvalue weighted by molar-refractivity contribution is 0.859. The molecule has 0 amide bonds. The number of pyridine rings is 1. The van der Waals surface area contributed by atoms with E-state index in [1.54, 1.807) is 6.20 Å². The molecule has 0 aromatic carbocycles. The van der Waals surface area contributed by atoms with Crippen molar-refractivity contribution in [3.8, 4) is 0 Å². The average molecular weight is 211 g/mol. The van der Waals surface area contributed by atoms with E-state index >= 15 is 0 Å². The van der Waals surface area contributed by atoms with Gasteiger partial charge < -0.3 is 4.90 Å². The molecule has 14 heavy (non-hydrogen) atoms. The lowest BCUT2D eigenvalue weighted by Gasteiger charge is -2.21. The summed E-state index contributed by atoms with van der Waals surface area (Å²) in [5, 5.41) is 0.667. The number of hydrogen-bond acceptors (Lipinski definition) is 2. The van der Waals surface area contributed by atoms with E-state index in [0.29, 0.717) is 5.02 Å². The molecule has 0 aliphatic carbocycles. The fourth-order valence-electron chi connectivity index (χ4n) is 1.24. The van der Waals surface area contributed by atoms with E-state index in [2.05, 4.69) is 23.4 Å². The molecule has 0 atom stereocenters. The number of nitrogens with zero attached hydrogens (tertiary/aromatic N) is 2. The molecule has 1 aromatic heterocycles. The standard InChI is InChI=1S/C11H15ClN2/c1-4-14(8-9(2)3)11-6-5-10(12)7-13-11/h5-7H,2,4,8H2,1,3H3. The van der Waals surface area contributed by atoms with Crippen LogP contribution >= 0.6 is 11.6 Å². The molecule has 0 radical (unpaired) electrons. The van der Waals surface area contributed by atoms with Crippen LogP contribution in [0.5, 0.6) is 0 Å². The van der Waals surface area contributed by atoms with Gasteiger partial charge in [-0.25, -0.2) is 4.98 Å². The first-order chi connectivity index (χ1) is 6.63. The minimum Gasteiger partial charge on any atom is -0.353 e. The molecule has 0 aliphatic heterocycles. The zero-order valence-electron chi connectivity index (χ0n) is 8.63. The van der Waals surface area contributed by atoms with Crippen molar-refractivity contribution in [2.45, 2.75) is 13.8 Å². The Bertz CT molecular complexity index is 306. The van der Waals surface area contributed by atoms with Crippen LogP contribution in [-0.4, -0.2) is 18.1 Å². The Hall–Kier alpha value is -1.02. The van der Waals surface area contributed by atoms with Crippen LogP contribution in [0, 0.1) is 0 Å². The molecule has 0 N–H and O–H groups in total. The highest BCUT2D eigenvalue weighted by Gasteiger charge is 2.04. The number of anilines is 1. The maximum absolute atomic E-state index is 5.77. The number of hydrogen-bond donors (Lipinski definition) is 0. The van der Waals surface area contributed by atoms with E-state index in [-0.39, 0.29) is 0 Å². The van der Waals surface area contributed by atoms with Crippen molar-refractivity contribution in [3.05, 3.63) is 35.5 Å². The molecule has 0 saturated heterocycles. The summed E-state index contributed by atoms with van der Waals surface area (Å²) in [4.78, 5) is 6.41. The fourth-order valence-corrected chi connectivity index (χ4v) is 1.35. The first-order valence-corrected chi connectivity index (χ1v) is 5.02. The summed E-state index contributed by atoms with van der Waals surface area (Å²) in [6.07, 6.45) is 1.66. The topological polar surface area (TPSA) is 16.1 Å². The van der Waals surface area contributed by atoms with Crippen molar-refractivity contribution >= 4 is 17.4 Å². The van der Waals surface area contributed by atoms with E-state index in [0.717, 1.165) is 24.5 Å². The average Bonchev–Trinajstić information content (AvgIpc) is 2.15. The second-order valence-electron chi connectivity index (χ2n) is 3.31. The molecular weight excluding hydrogens is 196 g/mol. The molecule has 0 spiro atoms. The van der Waals surface area contributed by atoms with Gasteiger partial charge in [0, 0.05) is 19.3 Å². The van der Waals surface area contributed by atoms with E-state index in [4.69, 9.17) is 11.6 Å². The smallest absolute Gasteiger partial charge is 0.128 e. The molecule has 0 aliphatic rings. The Kier molecular flexibility index (Phi) is 3.96. The number of likely N-dealkylation sites (N-methyl/N-ethyl adjacent to an activating group) is 1. The normalized spacial score (nSPS) is 9.93. The Morgan fingerprint density at radius 2 is 2.29 bits per heavy atom. The van der Waals surface area contributed by atoms with Crippen molar-refractivity contribution in [3.63, 3.8) is 0 Å². The molecule has 1 aromatic rings. The van der Waals surface area contributed by atoms with Gasteiger partial charge in [0.2, 0.25) is 0 Å². The van der Waals surface area contributed by atoms with Crippen molar-refractivity contribution < 1.29 is 0 Å². The highest BCUT2D eigenvalue weighted by atomic mass is 35.5. The molecule has 1 rings (SSSR count). The van der Waals surface area contributed by atoms with Gasteiger partial charge in [0.05, 0.1) is 5.02 Å². The van der Waals surface area contributed by atoms with Gasteiger partial charge in [-0.3, -0.25) is 0 Å². The summed E-state index contributed by atoms with van der Waals surface area (Å²) in [5.74, 6) is 0.944. The number of halogens is 1. The van der Waals surface area contributed by atoms with E-state index in [1.165, 1.54) is 0 Å². The van der Waals surface area contributed by atoms with Crippen LogP contribution in [0.25, 0.3) is 0 Å². The predicted molar refractivity (Wildman–Crippen MR) is 61.9 cm³/mol. The van der Waals surface area contributed by atoms with E-state index < -0.39 is 0 Å². The largest absolute Gasteiger partial charge is 0.353 e. The van der Waals surface area contributed by atoms with E-state index in [1.807, 2.05) is 19.1 Å². The first kappa shape index (κ1) is 11.1. The molecule has 76 valence electrons. The van der Waals surface area contributed by atoms with Crippen molar-refractivity contribution in [2.75, 3.05) is 18.0 Å². The highest BCUT2D eigenvalue weighted by molar-refractivity contribution is 6.30. The summed E-state index contributed by atoms with van der Waals surface area (Å²) in [6.45, 7) is 9.76. The highest BCUT2D eigenvalue weighted by Crippen LogP contribution is 2.14. The van der Waals surface area contributed by atoms with Crippen LogP contribution in [0.1, 0.15) is 13.8 Å². The van der Waals surface area contributed by atoms with Crippen LogP contribution in [0.15, 0.2) is 30.5 Å². The molecule has 3 heteroatoms.